The van der Waals surface area contributed by atoms with E-state index in [-0.39, 0.29) is 11.5 Å². The largest absolute Gasteiger partial charge is 0.412 e. The van der Waals surface area contributed by atoms with Gasteiger partial charge in [0.25, 0.3) is 0 Å². The molecule has 1 aliphatic carbocycles. The third-order valence-electron chi connectivity index (χ3n) is 4.77. The number of aliphatic hydroxyl groups excluding tert-OH is 1. The van der Waals surface area contributed by atoms with Crippen molar-refractivity contribution in [1.29, 1.82) is 0 Å². The van der Waals surface area contributed by atoms with Gasteiger partial charge in [-0.15, -0.1) is 0 Å². The number of carbonyl (C=O) groups excluding carboxylic acids is 3. The number of urea groups is 1. The Morgan fingerprint density at radius 1 is 1.19 bits per heavy atom. The minimum Gasteiger partial charge on any atom is -0.410 e. The van der Waals surface area contributed by atoms with Gasteiger partial charge in [0, 0.05) is 43.4 Å². The first-order valence-corrected chi connectivity index (χ1v) is 9.67. The Bertz CT molecular complexity index is 1150. The number of nitrogens with zero attached hydrogens (tertiary/aromatic N) is 2. The quantitative estimate of drug-likeness (QED) is 0.411. The molecular weight excluding hydrogens is 414 g/mol. The number of primary amides is 1. The fraction of sp³-hybridized carbons (Fsp3) is 0.182. The fourth-order valence-electron chi connectivity index (χ4n) is 3.27. The molecule has 1 fully saturated rings. The number of carbonyl (C=O) groups is 3. The Morgan fingerprint density at radius 2 is 1.91 bits per heavy atom. The minimum absolute atomic E-state index is 0.0527. The molecule has 1 unspecified atom stereocenters. The van der Waals surface area contributed by atoms with Crippen molar-refractivity contribution < 1.29 is 24.2 Å². The van der Waals surface area contributed by atoms with Gasteiger partial charge in [-0.05, 0) is 17.5 Å². The SMILES string of the molecule is CN1CC(O)C2=C/C(=N/NC(N)=O)C(=O)C=C21.CNC(=O)Oc1cccc2ccccc12. The van der Waals surface area contributed by atoms with E-state index in [1.807, 2.05) is 41.8 Å². The summed E-state index contributed by atoms with van der Waals surface area (Å²) in [5.74, 6) is 0.242. The zero-order valence-electron chi connectivity index (χ0n) is 17.5. The zero-order chi connectivity index (χ0) is 23.3. The standard InChI is InChI=1S/C12H11NO2.C10H12N4O3/c1-13-12(14)15-11-8-4-6-9-5-2-3-7-10(9)11;1-14-4-9(16)5-2-6(12-13-10(11)17)8(15)3-7(5)14/h2-8H,1H3,(H,13,14);2-3,9,16H,4H2,1H3,(H3,11,13,17)/b;12-6-. The highest BCUT2D eigenvalue weighted by Crippen LogP contribution is 2.29. The van der Waals surface area contributed by atoms with Crippen LogP contribution in [0.2, 0.25) is 0 Å². The van der Waals surface area contributed by atoms with Crippen LogP contribution < -0.4 is 21.2 Å². The molecule has 4 rings (SSSR count). The predicted octanol–water partition coefficient (Wildman–Crippen LogP) is 1.27. The number of nitrogens with two attached hydrogens (primary N) is 1. The van der Waals surface area contributed by atoms with Gasteiger partial charge in [-0.1, -0.05) is 36.4 Å². The van der Waals surface area contributed by atoms with Crippen molar-refractivity contribution in [2.24, 2.45) is 10.8 Å². The number of amides is 3. The highest BCUT2D eigenvalue weighted by molar-refractivity contribution is 6.49. The molecule has 166 valence electrons. The van der Waals surface area contributed by atoms with Crippen LogP contribution >= 0.6 is 0 Å². The normalized spacial score (nSPS) is 18.2. The Morgan fingerprint density at radius 3 is 2.62 bits per heavy atom. The van der Waals surface area contributed by atoms with Crippen molar-refractivity contribution in [3.8, 4) is 5.75 Å². The fourth-order valence-corrected chi connectivity index (χ4v) is 3.27. The van der Waals surface area contributed by atoms with E-state index in [1.54, 1.807) is 18.0 Å². The third kappa shape index (κ3) is 5.10. The lowest BCUT2D eigenvalue weighted by Crippen LogP contribution is -2.28. The number of β-amino-alcohol motifs (C(OH)–C–C–N with tert-alkyl or cyclic N) is 1. The lowest BCUT2D eigenvalue weighted by molar-refractivity contribution is -0.109. The van der Waals surface area contributed by atoms with E-state index >= 15 is 0 Å². The van der Waals surface area contributed by atoms with Crippen LogP contribution in [0, 0.1) is 0 Å². The molecule has 2 aliphatic rings. The van der Waals surface area contributed by atoms with Crippen LogP contribution in [0.15, 0.2) is 71.0 Å². The van der Waals surface area contributed by atoms with Crippen molar-refractivity contribution in [1.82, 2.24) is 15.6 Å². The number of hydrogen-bond acceptors (Lipinski definition) is 7. The number of nitrogens with one attached hydrogen (secondary N) is 2. The van der Waals surface area contributed by atoms with E-state index in [0.717, 1.165) is 10.8 Å². The van der Waals surface area contributed by atoms with Gasteiger partial charge in [-0.25, -0.2) is 15.0 Å². The summed E-state index contributed by atoms with van der Waals surface area (Å²) in [4.78, 5) is 35.0. The topological polar surface area (TPSA) is 146 Å². The molecule has 1 saturated heterocycles. The minimum atomic E-state index is -0.845. The molecule has 2 aromatic rings. The van der Waals surface area contributed by atoms with Gasteiger partial charge in [-0.3, -0.25) is 4.79 Å². The van der Waals surface area contributed by atoms with Crippen molar-refractivity contribution in [3.63, 3.8) is 0 Å². The number of allylic oxidation sites excluding steroid dienone is 2. The number of benzene rings is 2. The Kier molecular flexibility index (Phi) is 6.86. The van der Waals surface area contributed by atoms with E-state index in [2.05, 4.69) is 10.4 Å². The molecule has 5 N–H and O–H groups in total. The molecule has 1 aliphatic heterocycles. The highest BCUT2D eigenvalue weighted by Gasteiger charge is 2.32. The molecule has 1 atom stereocenters. The summed E-state index contributed by atoms with van der Waals surface area (Å²) in [6.45, 7) is 0.432. The van der Waals surface area contributed by atoms with Gasteiger partial charge >= 0.3 is 12.1 Å². The van der Waals surface area contributed by atoms with E-state index in [1.165, 1.54) is 19.2 Å². The monoisotopic (exact) mass is 437 g/mol. The molecule has 32 heavy (non-hydrogen) atoms. The maximum Gasteiger partial charge on any atom is 0.412 e. The van der Waals surface area contributed by atoms with Gasteiger partial charge in [0.2, 0.25) is 5.78 Å². The molecule has 0 bridgehead atoms. The molecule has 10 nitrogen and oxygen atoms in total. The van der Waals surface area contributed by atoms with Crippen LogP contribution in [-0.2, 0) is 4.79 Å². The summed E-state index contributed by atoms with van der Waals surface area (Å²) in [5, 5.41) is 17.7. The summed E-state index contributed by atoms with van der Waals surface area (Å²) in [7, 11) is 3.32. The van der Waals surface area contributed by atoms with Crippen LogP contribution in [0.3, 0.4) is 0 Å². The summed E-state index contributed by atoms with van der Waals surface area (Å²) < 4.78 is 5.13. The molecule has 2 aromatic carbocycles. The third-order valence-corrected chi connectivity index (χ3v) is 4.77. The lowest BCUT2D eigenvalue weighted by atomic mass is 10.00. The summed E-state index contributed by atoms with van der Waals surface area (Å²) in [6.07, 6.45) is 1.74. The van der Waals surface area contributed by atoms with Crippen LogP contribution in [0.4, 0.5) is 9.59 Å². The predicted molar refractivity (Wildman–Crippen MR) is 119 cm³/mol. The second kappa shape index (κ2) is 9.75. The molecular formula is C22H23N5O5. The van der Waals surface area contributed by atoms with Gasteiger partial charge in [0.1, 0.15) is 11.5 Å². The second-order valence-corrected chi connectivity index (χ2v) is 6.98. The highest BCUT2D eigenvalue weighted by atomic mass is 16.6. The number of likely N-dealkylation sites (tertiary alicyclic amines) is 1. The summed E-state index contributed by atoms with van der Waals surface area (Å²) in [6, 6.07) is 12.5. The first kappa shape index (κ1) is 22.5. The first-order chi connectivity index (χ1) is 15.3. The lowest BCUT2D eigenvalue weighted by Gasteiger charge is -2.15. The Hall–Kier alpha value is -4.18. The number of rotatable bonds is 2. The molecule has 0 radical (unpaired) electrons. The van der Waals surface area contributed by atoms with Gasteiger partial charge < -0.3 is 25.8 Å². The smallest absolute Gasteiger partial charge is 0.410 e. The maximum atomic E-state index is 11.6. The van der Waals surface area contributed by atoms with Crippen molar-refractivity contribution in [3.05, 3.63) is 65.9 Å². The van der Waals surface area contributed by atoms with E-state index in [0.29, 0.717) is 23.6 Å². The molecule has 0 spiro atoms. The van der Waals surface area contributed by atoms with Crippen LogP contribution in [-0.4, -0.2) is 60.4 Å². The molecule has 0 saturated carbocycles. The maximum absolute atomic E-state index is 11.6. The van der Waals surface area contributed by atoms with Crippen LogP contribution in [0.5, 0.6) is 5.75 Å². The van der Waals surface area contributed by atoms with Crippen molar-refractivity contribution in [2.75, 3.05) is 20.6 Å². The molecule has 10 heteroatoms. The zero-order valence-corrected chi connectivity index (χ0v) is 17.5. The Labute approximate surface area is 184 Å². The Balaban J connectivity index is 0.000000182. The average molecular weight is 437 g/mol. The summed E-state index contributed by atoms with van der Waals surface area (Å²) >= 11 is 0. The van der Waals surface area contributed by atoms with Crippen molar-refractivity contribution in [2.45, 2.75) is 6.10 Å². The van der Waals surface area contributed by atoms with Gasteiger partial charge in [-0.2, -0.15) is 5.10 Å². The van der Waals surface area contributed by atoms with Gasteiger partial charge in [0.05, 0.1) is 6.10 Å². The number of ketones is 1. The average Bonchev–Trinajstić information content (AvgIpc) is 3.05. The molecule has 1 heterocycles. The number of hydrogen-bond donors (Lipinski definition) is 4. The second-order valence-electron chi connectivity index (χ2n) is 6.98. The number of ether oxygens (including phenoxy) is 1. The number of fused-ring (bicyclic) bond motifs is 2. The number of hydrazone groups is 1. The molecule has 3 amide bonds. The van der Waals surface area contributed by atoms with Gasteiger partial charge in [0.15, 0.2) is 0 Å². The van der Waals surface area contributed by atoms with Crippen LogP contribution in [0.25, 0.3) is 10.8 Å². The van der Waals surface area contributed by atoms with E-state index in [4.69, 9.17) is 10.5 Å². The number of likely N-dealkylation sites (N-methyl/N-ethyl adjacent to an activating group) is 1. The van der Waals surface area contributed by atoms with Crippen LogP contribution in [0.1, 0.15) is 0 Å². The first-order valence-electron chi connectivity index (χ1n) is 9.67. The van der Waals surface area contributed by atoms with E-state index < -0.39 is 18.2 Å². The number of aliphatic hydroxyl groups is 1. The van der Waals surface area contributed by atoms with Crippen molar-refractivity contribution >= 4 is 34.4 Å². The molecule has 0 aromatic heterocycles. The van der Waals surface area contributed by atoms with E-state index in [9.17, 15) is 19.5 Å². The summed E-state index contributed by atoms with van der Waals surface area (Å²) in [5.41, 5.74) is 8.19.